The lowest BCUT2D eigenvalue weighted by atomic mass is 10.1. The highest BCUT2D eigenvalue weighted by atomic mass is 16.4. The molecule has 1 aliphatic rings. The Kier molecular flexibility index (Phi) is 4.80. The Balaban J connectivity index is 1.63. The number of benzene rings is 1. The first kappa shape index (κ1) is 17.1. The Morgan fingerprint density at radius 1 is 1.08 bits per heavy atom. The van der Waals surface area contributed by atoms with E-state index in [0.717, 1.165) is 5.56 Å². The van der Waals surface area contributed by atoms with Crippen LogP contribution in [-0.4, -0.2) is 69.2 Å². The molecule has 1 fully saturated rings. The maximum Gasteiger partial charge on any atom is 0.253 e. The summed E-state index contributed by atoms with van der Waals surface area (Å²) in [5.74, 6) is 0.519. The molecule has 1 atom stereocenters. The molecule has 132 valence electrons. The normalized spacial score (nSPS) is 16.0. The topological polar surface area (TPSA) is 99.8 Å². The lowest BCUT2D eigenvalue weighted by Crippen LogP contribution is -2.52. The van der Waals surface area contributed by atoms with E-state index in [1.54, 1.807) is 41.0 Å². The number of aromatic nitrogens is 2. The Labute approximate surface area is 145 Å². The highest BCUT2D eigenvalue weighted by molar-refractivity contribution is 5.94. The van der Waals surface area contributed by atoms with Gasteiger partial charge < -0.3 is 19.3 Å². The molecule has 0 aliphatic carbocycles. The summed E-state index contributed by atoms with van der Waals surface area (Å²) in [5.41, 5.74) is 1.32. The summed E-state index contributed by atoms with van der Waals surface area (Å²) in [4.78, 5) is 27.6. The Morgan fingerprint density at radius 2 is 1.68 bits per heavy atom. The largest absolute Gasteiger partial charge is 0.421 e. The molecular formula is C17H20N4O4. The number of aliphatic hydroxyl groups is 1. The highest BCUT2D eigenvalue weighted by Gasteiger charge is 2.26. The molecule has 1 saturated heterocycles. The average molecular weight is 344 g/mol. The monoisotopic (exact) mass is 344 g/mol. The number of aryl methyl sites for hydroxylation is 1. The van der Waals surface area contributed by atoms with Gasteiger partial charge in [-0.25, -0.2) is 0 Å². The summed E-state index contributed by atoms with van der Waals surface area (Å²) < 4.78 is 5.36. The predicted octanol–water partition coefficient (Wildman–Crippen LogP) is 0.710. The summed E-state index contributed by atoms with van der Waals surface area (Å²) in [7, 11) is 0. The van der Waals surface area contributed by atoms with Gasteiger partial charge in [0.15, 0.2) is 0 Å². The molecule has 0 radical (unpaired) electrons. The van der Waals surface area contributed by atoms with Gasteiger partial charge in [0.05, 0.1) is 0 Å². The zero-order chi connectivity index (χ0) is 18.0. The molecular weight excluding hydrogens is 324 g/mol. The molecule has 1 unspecified atom stereocenters. The number of piperazine rings is 1. The summed E-state index contributed by atoms with van der Waals surface area (Å²) in [6, 6.07) is 7.00. The third-order valence-corrected chi connectivity index (χ3v) is 4.14. The summed E-state index contributed by atoms with van der Waals surface area (Å²) in [6.07, 6.45) is -1.01. The van der Waals surface area contributed by atoms with E-state index < -0.39 is 6.10 Å². The van der Waals surface area contributed by atoms with Gasteiger partial charge in [0.25, 0.3) is 11.8 Å². The van der Waals surface area contributed by atoms with Gasteiger partial charge in [-0.05, 0) is 31.2 Å². The first-order chi connectivity index (χ1) is 12.0. The molecule has 2 amide bonds. The van der Waals surface area contributed by atoms with Crippen molar-refractivity contribution in [3.8, 4) is 11.5 Å². The molecule has 8 heteroatoms. The molecule has 0 spiro atoms. The van der Waals surface area contributed by atoms with Crippen molar-refractivity contribution < 1.29 is 19.1 Å². The first-order valence-electron chi connectivity index (χ1n) is 8.12. The minimum absolute atomic E-state index is 0.0857. The second-order valence-electron chi connectivity index (χ2n) is 6.00. The van der Waals surface area contributed by atoms with Crippen molar-refractivity contribution >= 4 is 11.8 Å². The summed E-state index contributed by atoms with van der Waals surface area (Å²) >= 11 is 0. The lowest BCUT2D eigenvalue weighted by Gasteiger charge is -2.35. The second kappa shape index (κ2) is 7.02. The van der Waals surface area contributed by atoms with Crippen LogP contribution in [0.25, 0.3) is 11.5 Å². The predicted molar refractivity (Wildman–Crippen MR) is 88.6 cm³/mol. The number of amides is 2. The molecule has 0 bridgehead atoms. The van der Waals surface area contributed by atoms with Crippen LogP contribution in [0.3, 0.4) is 0 Å². The van der Waals surface area contributed by atoms with E-state index >= 15 is 0 Å². The van der Waals surface area contributed by atoms with Gasteiger partial charge >= 0.3 is 0 Å². The number of aliphatic hydroxyl groups excluding tert-OH is 1. The number of hydrogen-bond acceptors (Lipinski definition) is 6. The average Bonchev–Trinajstić information content (AvgIpc) is 3.07. The van der Waals surface area contributed by atoms with Crippen molar-refractivity contribution in [1.82, 2.24) is 20.0 Å². The van der Waals surface area contributed by atoms with Gasteiger partial charge in [-0.1, -0.05) is 0 Å². The number of carbonyl (C=O) groups excluding carboxylic acids is 2. The molecule has 1 N–H and O–H groups in total. The van der Waals surface area contributed by atoms with Gasteiger partial charge in [-0.3, -0.25) is 9.59 Å². The van der Waals surface area contributed by atoms with E-state index in [1.165, 1.54) is 6.92 Å². The van der Waals surface area contributed by atoms with Gasteiger partial charge in [-0.15, -0.1) is 10.2 Å². The Morgan fingerprint density at radius 3 is 2.20 bits per heavy atom. The van der Waals surface area contributed by atoms with Crippen molar-refractivity contribution in [1.29, 1.82) is 0 Å². The van der Waals surface area contributed by atoms with E-state index in [4.69, 9.17) is 4.42 Å². The number of rotatable bonds is 3. The van der Waals surface area contributed by atoms with Gasteiger partial charge in [0.2, 0.25) is 11.8 Å². The zero-order valence-electron chi connectivity index (χ0n) is 14.2. The molecule has 1 aromatic carbocycles. The maximum absolute atomic E-state index is 12.6. The van der Waals surface area contributed by atoms with E-state index in [1.807, 2.05) is 0 Å². The SMILES string of the molecule is Cc1nnc(-c2ccc(C(=O)N3CCN(C(=O)C(C)O)CC3)cc2)o1. The lowest BCUT2D eigenvalue weighted by molar-refractivity contribution is -0.140. The third-order valence-electron chi connectivity index (χ3n) is 4.14. The maximum atomic E-state index is 12.6. The molecule has 1 aromatic heterocycles. The van der Waals surface area contributed by atoms with Crippen molar-refractivity contribution in [2.45, 2.75) is 20.0 Å². The third kappa shape index (κ3) is 3.69. The van der Waals surface area contributed by atoms with E-state index in [0.29, 0.717) is 43.5 Å². The standard InChI is InChI=1S/C17H20N4O4/c1-11(22)16(23)20-7-9-21(10-8-20)17(24)14-5-3-13(4-6-14)15-19-18-12(2)25-15/h3-6,11,22H,7-10H2,1-2H3. The van der Waals surface area contributed by atoms with Crippen LogP contribution < -0.4 is 0 Å². The van der Waals surface area contributed by atoms with Crippen LogP contribution in [0.15, 0.2) is 28.7 Å². The first-order valence-corrected chi connectivity index (χ1v) is 8.12. The van der Waals surface area contributed by atoms with Gasteiger partial charge in [-0.2, -0.15) is 0 Å². The van der Waals surface area contributed by atoms with Crippen LogP contribution in [0.1, 0.15) is 23.2 Å². The fourth-order valence-corrected chi connectivity index (χ4v) is 2.75. The van der Waals surface area contributed by atoms with E-state index in [2.05, 4.69) is 10.2 Å². The molecule has 1 aliphatic heterocycles. The van der Waals surface area contributed by atoms with Crippen LogP contribution in [0, 0.1) is 6.92 Å². The smallest absolute Gasteiger partial charge is 0.253 e. The molecule has 2 heterocycles. The zero-order valence-corrected chi connectivity index (χ0v) is 14.2. The summed E-state index contributed by atoms with van der Waals surface area (Å²) in [6.45, 7) is 4.91. The quantitative estimate of drug-likeness (QED) is 0.880. The summed E-state index contributed by atoms with van der Waals surface area (Å²) in [5, 5.41) is 17.1. The van der Waals surface area contributed by atoms with E-state index in [-0.39, 0.29) is 11.8 Å². The van der Waals surface area contributed by atoms with Crippen molar-refractivity contribution in [2.75, 3.05) is 26.2 Å². The second-order valence-corrected chi connectivity index (χ2v) is 6.00. The number of carbonyl (C=O) groups is 2. The molecule has 8 nitrogen and oxygen atoms in total. The van der Waals surface area contributed by atoms with Gasteiger partial charge in [0.1, 0.15) is 6.10 Å². The minimum Gasteiger partial charge on any atom is -0.421 e. The number of nitrogens with zero attached hydrogens (tertiary/aromatic N) is 4. The Hall–Kier alpha value is -2.74. The molecule has 2 aromatic rings. The van der Waals surface area contributed by atoms with Crippen molar-refractivity contribution in [2.24, 2.45) is 0 Å². The van der Waals surface area contributed by atoms with Gasteiger partial charge in [0, 0.05) is 44.2 Å². The minimum atomic E-state index is -1.01. The molecule has 3 rings (SSSR count). The number of hydrogen-bond donors (Lipinski definition) is 1. The fourth-order valence-electron chi connectivity index (χ4n) is 2.75. The van der Waals surface area contributed by atoms with Crippen molar-refractivity contribution in [3.05, 3.63) is 35.7 Å². The van der Waals surface area contributed by atoms with Crippen molar-refractivity contribution in [3.63, 3.8) is 0 Å². The molecule has 25 heavy (non-hydrogen) atoms. The van der Waals surface area contributed by atoms with Crippen LogP contribution >= 0.6 is 0 Å². The van der Waals surface area contributed by atoms with Crippen LogP contribution in [0.2, 0.25) is 0 Å². The molecule has 0 saturated carbocycles. The van der Waals surface area contributed by atoms with E-state index in [9.17, 15) is 14.7 Å². The Bertz CT molecular complexity index is 761. The fraction of sp³-hybridized carbons (Fsp3) is 0.412. The van der Waals surface area contributed by atoms with Crippen LogP contribution in [0.4, 0.5) is 0 Å². The van der Waals surface area contributed by atoms with Crippen LogP contribution in [-0.2, 0) is 4.79 Å². The highest BCUT2D eigenvalue weighted by Crippen LogP contribution is 2.19. The van der Waals surface area contributed by atoms with Crippen LogP contribution in [0.5, 0.6) is 0 Å².